The molecule has 1 aromatic carbocycles. The fourth-order valence-corrected chi connectivity index (χ4v) is 3.33. The topological polar surface area (TPSA) is 80.3 Å². The average molecular weight is 351 g/mol. The molecule has 2 N–H and O–H groups in total. The first kappa shape index (κ1) is 16.6. The molecule has 0 spiro atoms. The van der Waals surface area contributed by atoms with Crippen LogP contribution in [0.2, 0.25) is 0 Å². The number of furan rings is 1. The highest BCUT2D eigenvalue weighted by Gasteiger charge is 2.24. The monoisotopic (exact) mass is 351 g/mol. The third-order valence-corrected chi connectivity index (χ3v) is 4.75. The minimum Gasteiger partial charge on any atom is -0.463 e. The number of nitrogens with one attached hydrogen (secondary N) is 1. The van der Waals surface area contributed by atoms with Crippen LogP contribution in [0.3, 0.4) is 0 Å². The van der Waals surface area contributed by atoms with E-state index in [9.17, 15) is 9.90 Å². The number of aliphatic hydroxyl groups is 1. The van der Waals surface area contributed by atoms with Crippen LogP contribution in [0.25, 0.3) is 17.1 Å². The Morgan fingerprint density at radius 3 is 2.58 bits per heavy atom. The van der Waals surface area contributed by atoms with E-state index >= 15 is 0 Å². The predicted octanol–water partition coefficient (Wildman–Crippen LogP) is 3.17. The number of nitrogens with zero attached hydrogens (tertiary/aromatic N) is 2. The summed E-state index contributed by atoms with van der Waals surface area (Å²) in [4.78, 5) is 12.9. The molecule has 1 amide bonds. The largest absolute Gasteiger partial charge is 0.463 e. The van der Waals surface area contributed by atoms with Gasteiger partial charge >= 0.3 is 0 Å². The minimum atomic E-state index is -0.247. The molecule has 26 heavy (non-hydrogen) atoms. The van der Waals surface area contributed by atoms with Gasteiger partial charge in [-0.2, -0.15) is 5.10 Å². The molecule has 0 bridgehead atoms. The second-order valence-electron chi connectivity index (χ2n) is 6.62. The van der Waals surface area contributed by atoms with Crippen molar-refractivity contribution in [1.82, 2.24) is 15.1 Å². The first-order valence-electron chi connectivity index (χ1n) is 8.89. The van der Waals surface area contributed by atoms with Gasteiger partial charge in [-0.05, 0) is 49.9 Å². The molecule has 0 atom stereocenters. The van der Waals surface area contributed by atoms with Crippen molar-refractivity contribution in [1.29, 1.82) is 0 Å². The van der Waals surface area contributed by atoms with Gasteiger partial charge < -0.3 is 14.8 Å². The number of hydrogen-bond donors (Lipinski definition) is 2. The summed E-state index contributed by atoms with van der Waals surface area (Å²) in [6.45, 7) is 0. The maximum absolute atomic E-state index is 12.9. The highest BCUT2D eigenvalue weighted by atomic mass is 16.3. The normalized spacial score (nSPS) is 20.0. The smallest absolute Gasteiger partial charge is 0.270 e. The molecule has 1 fully saturated rings. The van der Waals surface area contributed by atoms with Gasteiger partial charge in [-0.25, -0.2) is 4.68 Å². The van der Waals surface area contributed by atoms with Crippen LogP contribution in [0.15, 0.2) is 59.2 Å². The number of aromatic nitrogens is 2. The van der Waals surface area contributed by atoms with Crippen molar-refractivity contribution in [2.24, 2.45) is 0 Å². The zero-order valence-electron chi connectivity index (χ0n) is 14.3. The van der Waals surface area contributed by atoms with Crippen LogP contribution in [0.1, 0.15) is 36.2 Å². The van der Waals surface area contributed by atoms with Gasteiger partial charge in [-0.15, -0.1) is 0 Å². The number of rotatable bonds is 4. The second kappa shape index (κ2) is 7.17. The number of amides is 1. The zero-order chi connectivity index (χ0) is 17.9. The third kappa shape index (κ3) is 3.41. The second-order valence-corrected chi connectivity index (χ2v) is 6.62. The number of para-hydroxylation sites is 1. The lowest BCUT2D eigenvalue weighted by Crippen LogP contribution is -2.39. The van der Waals surface area contributed by atoms with Crippen LogP contribution in [0, 0.1) is 0 Å². The number of benzene rings is 1. The van der Waals surface area contributed by atoms with Gasteiger partial charge in [0.05, 0.1) is 18.1 Å². The standard InChI is InChI=1S/C20H21N3O3/c24-16-10-8-14(9-11-16)21-20(25)18-13-17(19-7-4-12-26-19)22-23(18)15-5-2-1-3-6-15/h1-7,12-14,16,24H,8-11H2,(H,21,25). The van der Waals surface area contributed by atoms with Crippen LogP contribution in [-0.2, 0) is 0 Å². The third-order valence-electron chi connectivity index (χ3n) is 4.75. The van der Waals surface area contributed by atoms with Gasteiger partial charge in [0.15, 0.2) is 5.76 Å². The number of hydrogen-bond acceptors (Lipinski definition) is 4. The van der Waals surface area contributed by atoms with E-state index in [-0.39, 0.29) is 18.1 Å². The molecule has 3 aromatic rings. The van der Waals surface area contributed by atoms with Crippen LogP contribution in [-0.4, -0.2) is 32.9 Å². The molecular formula is C20H21N3O3. The van der Waals surface area contributed by atoms with Gasteiger partial charge in [0.1, 0.15) is 11.4 Å². The van der Waals surface area contributed by atoms with Crippen molar-refractivity contribution in [2.45, 2.75) is 37.8 Å². The van der Waals surface area contributed by atoms with Crippen LogP contribution < -0.4 is 5.32 Å². The molecule has 2 heterocycles. The number of aliphatic hydroxyl groups excluding tert-OH is 1. The maximum atomic E-state index is 12.9. The van der Waals surface area contributed by atoms with E-state index in [1.165, 1.54) is 0 Å². The fraction of sp³-hybridized carbons (Fsp3) is 0.300. The van der Waals surface area contributed by atoms with Gasteiger partial charge in [0, 0.05) is 12.1 Å². The highest BCUT2D eigenvalue weighted by Crippen LogP contribution is 2.23. The van der Waals surface area contributed by atoms with Crippen molar-refractivity contribution in [3.05, 3.63) is 60.5 Å². The quantitative estimate of drug-likeness (QED) is 0.757. The van der Waals surface area contributed by atoms with E-state index < -0.39 is 0 Å². The van der Waals surface area contributed by atoms with Crippen molar-refractivity contribution in [3.8, 4) is 17.1 Å². The zero-order valence-corrected chi connectivity index (χ0v) is 14.3. The van der Waals surface area contributed by atoms with Crippen molar-refractivity contribution >= 4 is 5.91 Å². The molecule has 134 valence electrons. The molecule has 0 unspecified atom stereocenters. The van der Waals surface area contributed by atoms with Gasteiger partial charge in [-0.1, -0.05) is 18.2 Å². The van der Waals surface area contributed by atoms with E-state index in [2.05, 4.69) is 10.4 Å². The Balaban J connectivity index is 1.64. The number of carbonyl (C=O) groups is 1. The lowest BCUT2D eigenvalue weighted by molar-refractivity contribution is 0.0860. The van der Waals surface area contributed by atoms with Crippen molar-refractivity contribution in [3.63, 3.8) is 0 Å². The SMILES string of the molecule is O=C(NC1CCC(O)CC1)c1cc(-c2ccco2)nn1-c1ccccc1. The fourth-order valence-electron chi connectivity index (χ4n) is 3.33. The van der Waals surface area contributed by atoms with Gasteiger partial charge in [-0.3, -0.25) is 4.79 Å². The molecule has 0 saturated heterocycles. The molecule has 1 aliphatic rings. The summed E-state index contributed by atoms with van der Waals surface area (Å²) in [6.07, 6.45) is 4.36. The summed E-state index contributed by atoms with van der Waals surface area (Å²) in [5.74, 6) is 0.454. The Labute approximate surface area is 151 Å². The molecule has 0 radical (unpaired) electrons. The Kier molecular flexibility index (Phi) is 4.58. The Morgan fingerprint density at radius 2 is 1.88 bits per heavy atom. The molecule has 4 rings (SSSR count). The Morgan fingerprint density at radius 1 is 1.12 bits per heavy atom. The molecule has 6 heteroatoms. The predicted molar refractivity (Wildman–Crippen MR) is 97.0 cm³/mol. The summed E-state index contributed by atoms with van der Waals surface area (Å²) in [7, 11) is 0. The van der Waals surface area contributed by atoms with Gasteiger partial charge in [0.2, 0.25) is 0 Å². The molecule has 0 aliphatic heterocycles. The summed E-state index contributed by atoms with van der Waals surface area (Å²) in [5.41, 5.74) is 1.89. The molecule has 1 saturated carbocycles. The summed E-state index contributed by atoms with van der Waals surface area (Å²) >= 11 is 0. The van der Waals surface area contributed by atoms with Gasteiger partial charge in [0.25, 0.3) is 5.91 Å². The van der Waals surface area contributed by atoms with Crippen molar-refractivity contribution < 1.29 is 14.3 Å². The average Bonchev–Trinajstić information content (AvgIpc) is 3.34. The minimum absolute atomic E-state index is 0.0806. The maximum Gasteiger partial charge on any atom is 0.270 e. The number of carbonyl (C=O) groups excluding carboxylic acids is 1. The Hall–Kier alpha value is -2.86. The molecule has 1 aliphatic carbocycles. The molecule has 2 aromatic heterocycles. The van der Waals surface area contributed by atoms with Crippen LogP contribution in [0.5, 0.6) is 0 Å². The Bertz CT molecular complexity index is 863. The summed E-state index contributed by atoms with van der Waals surface area (Å²) in [6, 6.07) is 15.0. The van der Waals surface area contributed by atoms with E-state index in [1.807, 2.05) is 36.4 Å². The van der Waals surface area contributed by atoms with Crippen LogP contribution in [0.4, 0.5) is 0 Å². The van der Waals surface area contributed by atoms with E-state index in [0.717, 1.165) is 31.4 Å². The van der Waals surface area contributed by atoms with E-state index in [4.69, 9.17) is 4.42 Å². The highest BCUT2D eigenvalue weighted by molar-refractivity contribution is 5.94. The van der Waals surface area contributed by atoms with E-state index in [0.29, 0.717) is 17.1 Å². The lowest BCUT2D eigenvalue weighted by atomic mass is 9.93. The van der Waals surface area contributed by atoms with Crippen molar-refractivity contribution in [2.75, 3.05) is 0 Å². The lowest BCUT2D eigenvalue weighted by Gasteiger charge is -2.26. The first-order valence-corrected chi connectivity index (χ1v) is 8.89. The summed E-state index contributed by atoms with van der Waals surface area (Å²) in [5, 5.41) is 17.3. The first-order chi connectivity index (χ1) is 12.7. The summed E-state index contributed by atoms with van der Waals surface area (Å²) < 4.78 is 7.07. The molecular weight excluding hydrogens is 330 g/mol. The van der Waals surface area contributed by atoms with E-state index in [1.54, 1.807) is 23.1 Å². The van der Waals surface area contributed by atoms with Crippen LogP contribution >= 0.6 is 0 Å². The molecule has 6 nitrogen and oxygen atoms in total.